The third-order valence-corrected chi connectivity index (χ3v) is 4.41. The molecular formula is C14H16FN5OS. The van der Waals surface area contributed by atoms with Crippen LogP contribution in [0.15, 0.2) is 29.4 Å². The van der Waals surface area contributed by atoms with Crippen molar-refractivity contribution >= 4 is 17.7 Å². The van der Waals surface area contributed by atoms with Gasteiger partial charge in [-0.15, -0.1) is 10.2 Å². The summed E-state index contributed by atoms with van der Waals surface area (Å²) in [7, 11) is 0. The normalized spacial score (nSPS) is 15.5. The van der Waals surface area contributed by atoms with Gasteiger partial charge in [0.2, 0.25) is 11.1 Å². The Balaban J connectivity index is 1.75. The van der Waals surface area contributed by atoms with E-state index in [2.05, 4.69) is 15.5 Å². The number of carbonyl (C=O) groups excluding carboxylic acids is 1. The molecule has 0 saturated heterocycles. The lowest BCUT2D eigenvalue weighted by atomic mass is 10.2. The fourth-order valence-corrected chi connectivity index (χ4v) is 2.72. The molecule has 1 aliphatic carbocycles. The molecule has 3 rings (SSSR count). The molecule has 0 aliphatic heterocycles. The standard InChI is InChI=1S/C14H16FN5OS/c1-8(13(21)17-9-6-7-9)22-14-19-18-12(20(14)16)10-4-2-3-5-11(10)15/h2-5,8-9H,6-7,16H2,1H3,(H,17,21)/t8-/m0/s1. The van der Waals surface area contributed by atoms with Crippen LogP contribution >= 0.6 is 11.8 Å². The topological polar surface area (TPSA) is 85.8 Å². The van der Waals surface area contributed by atoms with E-state index in [1.54, 1.807) is 25.1 Å². The van der Waals surface area contributed by atoms with Gasteiger partial charge in [-0.2, -0.15) is 0 Å². The number of hydrogen-bond acceptors (Lipinski definition) is 5. The number of nitrogens with one attached hydrogen (secondary N) is 1. The van der Waals surface area contributed by atoms with Gasteiger partial charge < -0.3 is 11.2 Å². The van der Waals surface area contributed by atoms with Crippen molar-refractivity contribution < 1.29 is 9.18 Å². The maximum absolute atomic E-state index is 13.8. The number of aromatic nitrogens is 3. The smallest absolute Gasteiger partial charge is 0.233 e. The molecule has 1 heterocycles. The lowest BCUT2D eigenvalue weighted by Gasteiger charge is -2.10. The molecule has 1 atom stereocenters. The number of rotatable bonds is 5. The summed E-state index contributed by atoms with van der Waals surface area (Å²) >= 11 is 1.20. The Hall–Kier alpha value is -2.09. The first kappa shape index (κ1) is 14.8. The van der Waals surface area contributed by atoms with Gasteiger partial charge in [0.25, 0.3) is 0 Å². The molecule has 0 spiro atoms. The fraction of sp³-hybridized carbons (Fsp3) is 0.357. The number of nitrogens with two attached hydrogens (primary N) is 1. The van der Waals surface area contributed by atoms with Gasteiger partial charge in [-0.25, -0.2) is 9.07 Å². The van der Waals surface area contributed by atoms with Crippen LogP contribution in [0.5, 0.6) is 0 Å². The maximum atomic E-state index is 13.8. The van der Waals surface area contributed by atoms with Crippen LogP contribution in [0.4, 0.5) is 4.39 Å². The first-order chi connectivity index (χ1) is 10.6. The molecule has 1 aromatic carbocycles. The van der Waals surface area contributed by atoms with Gasteiger partial charge in [0.15, 0.2) is 5.82 Å². The summed E-state index contributed by atoms with van der Waals surface area (Å²) in [5.41, 5.74) is 0.277. The average Bonchev–Trinajstić information content (AvgIpc) is 3.24. The van der Waals surface area contributed by atoms with Crippen molar-refractivity contribution in [1.82, 2.24) is 20.2 Å². The minimum atomic E-state index is -0.419. The van der Waals surface area contributed by atoms with E-state index in [4.69, 9.17) is 5.84 Å². The average molecular weight is 321 g/mol. The van der Waals surface area contributed by atoms with Crippen LogP contribution in [0.1, 0.15) is 19.8 Å². The Morgan fingerprint density at radius 1 is 1.45 bits per heavy atom. The van der Waals surface area contributed by atoms with E-state index in [1.807, 2.05) is 0 Å². The molecule has 6 nitrogen and oxygen atoms in total. The molecule has 1 aromatic heterocycles. The Morgan fingerprint density at radius 2 is 2.18 bits per heavy atom. The molecular weight excluding hydrogens is 305 g/mol. The number of amides is 1. The van der Waals surface area contributed by atoms with Crippen LogP contribution < -0.4 is 11.2 Å². The predicted molar refractivity (Wildman–Crippen MR) is 82.1 cm³/mol. The SMILES string of the molecule is C[C@H](Sc1nnc(-c2ccccc2F)n1N)C(=O)NC1CC1. The van der Waals surface area contributed by atoms with Crippen LogP contribution in [-0.4, -0.2) is 32.1 Å². The van der Waals surface area contributed by atoms with Crippen LogP contribution in [0.3, 0.4) is 0 Å². The highest BCUT2D eigenvalue weighted by molar-refractivity contribution is 8.00. The van der Waals surface area contributed by atoms with Gasteiger partial charge >= 0.3 is 0 Å². The van der Waals surface area contributed by atoms with E-state index in [0.29, 0.717) is 11.2 Å². The van der Waals surface area contributed by atoms with Crippen molar-refractivity contribution in [2.24, 2.45) is 0 Å². The second kappa shape index (κ2) is 5.96. The summed E-state index contributed by atoms with van der Waals surface area (Å²) < 4.78 is 15.0. The monoisotopic (exact) mass is 321 g/mol. The highest BCUT2D eigenvalue weighted by Crippen LogP contribution is 2.27. The van der Waals surface area contributed by atoms with Gasteiger partial charge in [0, 0.05) is 6.04 Å². The second-order valence-corrected chi connectivity index (χ2v) is 6.51. The first-order valence-corrected chi connectivity index (χ1v) is 7.86. The molecule has 0 unspecified atom stereocenters. The predicted octanol–water partition coefficient (Wildman–Crippen LogP) is 1.56. The number of benzene rings is 1. The third kappa shape index (κ3) is 3.06. The summed E-state index contributed by atoms with van der Waals surface area (Å²) in [6.45, 7) is 1.78. The lowest BCUT2D eigenvalue weighted by molar-refractivity contribution is -0.120. The van der Waals surface area contributed by atoms with Crippen molar-refractivity contribution in [2.75, 3.05) is 5.84 Å². The molecule has 0 bridgehead atoms. The van der Waals surface area contributed by atoms with E-state index in [9.17, 15) is 9.18 Å². The van der Waals surface area contributed by atoms with Gasteiger partial charge in [-0.05, 0) is 31.9 Å². The number of thioether (sulfide) groups is 1. The Morgan fingerprint density at radius 3 is 2.86 bits per heavy atom. The zero-order chi connectivity index (χ0) is 15.7. The Bertz CT molecular complexity index is 700. The molecule has 1 amide bonds. The van der Waals surface area contributed by atoms with Crippen molar-refractivity contribution in [3.63, 3.8) is 0 Å². The van der Waals surface area contributed by atoms with Crippen LogP contribution in [0.2, 0.25) is 0 Å². The number of carbonyl (C=O) groups is 1. The minimum Gasteiger partial charge on any atom is -0.352 e. The largest absolute Gasteiger partial charge is 0.352 e. The molecule has 116 valence electrons. The number of hydrogen-bond donors (Lipinski definition) is 2. The summed E-state index contributed by atoms with van der Waals surface area (Å²) in [6, 6.07) is 6.52. The van der Waals surface area contributed by atoms with E-state index in [1.165, 1.54) is 22.5 Å². The second-order valence-electron chi connectivity index (χ2n) is 5.20. The Labute approximate surface area is 131 Å². The molecule has 8 heteroatoms. The molecule has 2 aromatic rings. The zero-order valence-electron chi connectivity index (χ0n) is 12.0. The number of nitrogens with zero attached hydrogens (tertiary/aromatic N) is 3. The summed E-state index contributed by atoms with van der Waals surface area (Å²) in [4.78, 5) is 11.9. The van der Waals surface area contributed by atoms with Gasteiger partial charge in [0.1, 0.15) is 5.82 Å². The zero-order valence-corrected chi connectivity index (χ0v) is 12.8. The van der Waals surface area contributed by atoms with Gasteiger partial charge in [-0.1, -0.05) is 23.9 Å². The third-order valence-electron chi connectivity index (χ3n) is 3.35. The molecule has 0 radical (unpaired) electrons. The molecule has 22 heavy (non-hydrogen) atoms. The molecule has 1 fully saturated rings. The minimum absolute atomic E-state index is 0.0528. The lowest BCUT2D eigenvalue weighted by Crippen LogP contribution is -2.32. The molecule has 1 aliphatic rings. The fourth-order valence-electron chi connectivity index (χ4n) is 1.94. The van der Waals surface area contributed by atoms with Crippen molar-refractivity contribution in [2.45, 2.75) is 36.2 Å². The molecule has 1 saturated carbocycles. The highest BCUT2D eigenvalue weighted by atomic mass is 32.2. The summed E-state index contributed by atoms with van der Waals surface area (Å²) in [6.07, 6.45) is 2.07. The van der Waals surface area contributed by atoms with Crippen molar-refractivity contribution in [3.05, 3.63) is 30.1 Å². The van der Waals surface area contributed by atoms with Gasteiger partial charge in [-0.3, -0.25) is 4.79 Å². The first-order valence-electron chi connectivity index (χ1n) is 6.98. The number of nitrogen functional groups attached to an aromatic ring is 1. The summed E-state index contributed by atoms with van der Waals surface area (Å²) in [5, 5.41) is 10.8. The van der Waals surface area contributed by atoms with E-state index in [-0.39, 0.29) is 22.5 Å². The molecule has 3 N–H and O–H groups in total. The quantitative estimate of drug-likeness (QED) is 0.645. The van der Waals surface area contributed by atoms with Gasteiger partial charge in [0.05, 0.1) is 10.8 Å². The highest BCUT2D eigenvalue weighted by Gasteiger charge is 2.27. The van der Waals surface area contributed by atoms with Crippen molar-refractivity contribution in [1.29, 1.82) is 0 Å². The number of halogens is 1. The van der Waals surface area contributed by atoms with Crippen LogP contribution in [0, 0.1) is 5.82 Å². The Kier molecular flexibility index (Phi) is 4.02. The summed E-state index contributed by atoms with van der Waals surface area (Å²) in [5.74, 6) is 5.70. The maximum Gasteiger partial charge on any atom is 0.233 e. The van der Waals surface area contributed by atoms with E-state index >= 15 is 0 Å². The van der Waals surface area contributed by atoms with Crippen LogP contribution in [-0.2, 0) is 4.79 Å². The van der Waals surface area contributed by atoms with E-state index < -0.39 is 5.82 Å². The van der Waals surface area contributed by atoms with Crippen LogP contribution in [0.25, 0.3) is 11.4 Å². The van der Waals surface area contributed by atoms with E-state index in [0.717, 1.165) is 12.8 Å². The van der Waals surface area contributed by atoms with Crippen molar-refractivity contribution in [3.8, 4) is 11.4 Å².